The highest BCUT2D eigenvalue weighted by Crippen LogP contribution is 2.17. The van der Waals surface area contributed by atoms with Crippen LogP contribution in [-0.2, 0) is 14.3 Å². The minimum Gasteiger partial charge on any atom is -0.478 e. The van der Waals surface area contributed by atoms with Crippen LogP contribution in [0, 0.1) is 0 Å². The Morgan fingerprint density at radius 3 is 2.81 bits per heavy atom. The van der Waals surface area contributed by atoms with Gasteiger partial charge in [0.1, 0.15) is 0 Å². The predicted molar refractivity (Wildman–Crippen MR) is 58.0 cm³/mol. The number of rotatable bonds is 4. The number of carboxylic acids is 1. The molecule has 0 radical (unpaired) electrons. The third kappa shape index (κ3) is 3.66. The molecular formula is C11H17NO4. The molecule has 0 aromatic rings. The first-order valence-electron chi connectivity index (χ1n) is 5.35. The second kappa shape index (κ2) is 6.27. The zero-order valence-electron chi connectivity index (χ0n) is 9.39. The summed E-state index contributed by atoms with van der Waals surface area (Å²) in [7, 11) is 1.60. The van der Waals surface area contributed by atoms with Gasteiger partial charge in [-0.2, -0.15) is 0 Å². The molecule has 1 heterocycles. The van der Waals surface area contributed by atoms with Crippen LogP contribution in [0.1, 0.15) is 19.3 Å². The Labute approximate surface area is 94.7 Å². The molecule has 0 aromatic carbocycles. The summed E-state index contributed by atoms with van der Waals surface area (Å²) in [5.74, 6) is -1.35. The van der Waals surface area contributed by atoms with Gasteiger partial charge in [-0.25, -0.2) is 4.79 Å². The Morgan fingerprint density at radius 1 is 1.44 bits per heavy atom. The van der Waals surface area contributed by atoms with Gasteiger partial charge in [0.15, 0.2) is 0 Å². The molecule has 1 aliphatic rings. The van der Waals surface area contributed by atoms with Crippen LogP contribution in [0.15, 0.2) is 12.2 Å². The van der Waals surface area contributed by atoms with E-state index in [0.29, 0.717) is 13.2 Å². The van der Waals surface area contributed by atoms with Crippen LogP contribution in [0.25, 0.3) is 0 Å². The maximum absolute atomic E-state index is 11.7. The van der Waals surface area contributed by atoms with Gasteiger partial charge in [0, 0.05) is 25.8 Å². The van der Waals surface area contributed by atoms with E-state index in [0.717, 1.165) is 31.4 Å². The van der Waals surface area contributed by atoms with Crippen molar-refractivity contribution in [2.75, 3.05) is 20.3 Å². The minimum absolute atomic E-state index is 0.0738. The number of piperidine rings is 1. The van der Waals surface area contributed by atoms with E-state index < -0.39 is 5.97 Å². The van der Waals surface area contributed by atoms with Crippen molar-refractivity contribution in [3.63, 3.8) is 0 Å². The van der Waals surface area contributed by atoms with Crippen LogP contribution >= 0.6 is 0 Å². The molecule has 0 aromatic heterocycles. The number of amides is 1. The van der Waals surface area contributed by atoms with E-state index in [9.17, 15) is 9.59 Å². The van der Waals surface area contributed by atoms with E-state index in [1.54, 1.807) is 12.0 Å². The standard InChI is InChI=1S/C11H17NO4/c1-16-8-9-4-2-3-7-12(9)10(13)5-6-11(14)15/h5-6,9H,2-4,7-8H2,1H3,(H,14,15)/b6-5+/t9-/m0/s1. The van der Waals surface area contributed by atoms with Gasteiger partial charge in [-0.05, 0) is 19.3 Å². The number of ether oxygens (including phenoxy) is 1. The summed E-state index contributed by atoms with van der Waals surface area (Å²) in [6.07, 6.45) is 4.95. The molecule has 1 amide bonds. The van der Waals surface area contributed by atoms with E-state index in [1.807, 2.05) is 0 Å². The molecule has 16 heavy (non-hydrogen) atoms. The molecule has 0 aliphatic carbocycles. The highest BCUT2D eigenvalue weighted by Gasteiger charge is 2.25. The highest BCUT2D eigenvalue weighted by atomic mass is 16.5. The topological polar surface area (TPSA) is 66.8 Å². The molecule has 5 heteroatoms. The molecule has 0 spiro atoms. The number of hydrogen-bond acceptors (Lipinski definition) is 3. The van der Waals surface area contributed by atoms with Crippen LogP contribution < -0.4 is 0 Å². The largest absolute Gasteiger partial charge is 0.478 e. The van der Waals surface area contributed by atoms with Crippen molar-refractivity contribution in [2.45, 2.75) is 25.3 Å². The Bertz CT molecular complexity index is 286. The average molecular weight is 227 g/mol. The molecule has 1 fully saturated rings. The predicted octanol–water partition coefficient (Wildman–Crippen LogP) is 0.655. The number of nitrogens with zero attached hydrogens (tertiary/aromatic N) is 1. The lowest BCUT2D eigenvalue weighted by Gasteiger charge is -2.34. The Kier molecular flexibility index (Phi) is 4.98. The summed E-state index contributed by atoms with van der Waals surface area (Å²) in [6, 6.07) is 0.0738. The first-order valence-corrected chi connectivity index (χ1v) is 5.35. The van der Waals surface area contributed by atoms with Crippen LogP contribution in [-0.4, -0.2) is 48.2 Å². The van der Waals surface area contributed by atoms with Gasteiger partial charge >= 0.3 is 5.97 Å². The highest BCUT2D eigenvalue weighted by molar-refractivity contribution is 5.94. The Hall–Kier alpha value is -1.36. The quantitative estimate of drug-likeness (QED) is 0.716. The molecule has 1 rings (SSSR count). The van der Waals surface area contributed by atoms with Crippen LogP contribution in [0.3, 0.4) is 0 Å². The summed E-state index contributed by atoms with van der Waals surface area (Å²) < 4.78 is 5.05. The van der Waals surface area contributed by atoms with Crippen molar-refractivity contribution in [3.8, 4) is 0 Å². The summed E-state index contributed by atoms with van der Waals surface area (Å²) >= 11 is 0. The van der Waals surface area contributed by atoms with Gasteiger partial charge in [-0.15, -0.1) is 0 Å². The smallest absolute Gasteiger partial charge is 0.328 e. The number of hydrogen-bond donors (Lipinski definition) is 1. The third-order valence-corrected chi connectivity index (χ3v) is 2.64. The van der Waals surface area contributed by atoms with Crippen molar-refractivity contribution in [1.29, 1.82) is 0 Å². The Balaban J connectivity index is 2.60. The van der Waals surface area contributed by atoms with Gasteiger partial charge in [-0.1, -0.05) is 0 Å². The maximum Gasteiger partial charge on any atom is 0.328 e. The number of carbonyl (C=O) groups excluding carboxylic acids is 1. The fraction of sp³-hybridized carbons (Fsp3) is 0.636. The lowest BCUT2D eigenvalue weighted by atomic mass is 10.0. The normalized spacial score (nSPS) is 21.3. The molecule has 1 aliphatic heterocycles. The van der Waals surface area contributed by atoms with Crippen molar-refractivity contribution in [1.82, 2.24) is 4.90 Å². The summed E-state index contributed by atoms with van der Waals surface area (Å²) in [5, 5.41) is 8.45. The lowest BCUT2D eigenvalue weighted by Crippen LogP contribution is -2.45. The number of aliphatic carboxylic acids is 1. The molecule has 0 bridgehead atoms. The summed E-state index contributed by atoms with van der Waals surface area (Å²) in [4.78, 5) is 23.7. The number of methoxy groups -OCH3 is 1. The first kappa shape index (κ1) is 12.7. The van der Waals surface area contributed by atoms with E-state index in [1.165, 1.54) is 0 Å². The number of likely N-dealkylation sites (tertiary alicyclic amines) is 1. The SMILES string of the molecule is COC[C@@H]1CCCCN1C(=O)/C=C/C(=O)O. The zero-order valence-corrected chi connectivity index (χ0v) is 9.39. The molecule has 5 nitrogen and oxygen atoms in total. The molecule has 1 saturated heterocycles. The van der Waals surface area contributed by atoms with Gasteiger partial charge in [0.05, 0.1) is 12.6 Å². The second-order valence-electron chi connectivity index (χ2n) is 3.81. The van der Waals surface area contributed by atoms with Gasteiger partial charge in [0.2, 0.25) is 5.91 Å². The van der Waals surface area contributed by atoms with E-state index in [-0.39, 0.29) is 11.9 Å². The summed E-state index contributed by atoms with van der Waals surface area (Å²) in [6.45, 7) is 1.18. The first-order chi connectivity index (χ1) is 7.65. The zero-order chi connectivity index (χ0) is 12.0. The van der Waals surface area contributed by atoms with E-state index in [2.05, 4.69) is 0 Å². The number of carboxylic acid groups (broad SMARTS) is 1. The van der Waals surface area contributed by atoms with Crippen molar-refractivity contribution in [3.05, 3.63) is 12.2 Å². The molecule has 0 saturated carbocycles. The van der Waals surface area contributed by atoms with Crippen molar-refractivity contribution < 1.29 is 19.4 Å². The minimum atomic E-state index is -1.10. The van der Waals surface area contributed by atoms with Gasteiger partial charge in [-0.3, -0.25) is 4.79 Å². The van der Waals surface area contributed by atoms with Crippen LogP contribution in [0.4, 0.5) is 0 Å². The lowest BCUT2D eigenvalue weighted by molar-refractivity contribution is -0.133. The van der Waals surface area contributed by atoms with Gasteiger partial charge < -0.3 is 14.7 Å². The van der Waals surface area contributed by atoms with Crippen molar-refractivity contribution in [2.24, 2.45) is 0 Å². The molecular weight excluding hydrogens is 210 g/mol. The molecule has 0 unspecified atom stereocenters. The van der Waals surface area contributed by atoms with Gasteiger partial charge in [0.25, 0.3) is 0 Å². The maximum atomic E-state index is 11.7. The monoisotopic (exact) mass is 227 g/mol. The average Bonchev–Trinajstić information content (AvgIpc) is 2.27. The molecule has 1 N–H and O–H groups in total. The fourth-order valence-electron chi connectivity index (χ4n) is 1.89. The Morgan fingerprint density at radius 2 is 2.19 bits per heavy atom. The number of carbonyl (C=O) groups is 2. The fourth-order valence-corrected chi connectivity index (χ4v) is 1.89. The van der Waals surface area contributed by atoms with Crippen LogP contribution in [0.2, 0.25) is 0 Å². The molecule has 1 atom stereocenters. The van der Waals surface area contributed by atoms with E-state index in [4.69, 9.17) is 9.84 Å². The van der Waals surface area contributed by atoms with Crippen molar-refractivity contribution >= 4 is 11.9 Å². The third-order valence-electron chi connectivity index (χ3n) is 2.64. The molecule has 90 valence electrons. The summed E-state index contributed by atoms with van der Waals surface area (Å²) in [5.41, 5.74) is 0. The second-order valence-corrected chi connectivity index (χ2v) is 3.81. The van der Waals surface area contributed by atoms with E-state index >= 15 is 0 Å². The van der Waals surface area contributed by atoms with Crippen LogP contribution in [0.5, 0.6) is 0 Å².